The van der Waals surface area contributed by atoms with Crippen molar-refractivity contribution in [3.8, 4) is 17.0 Å². The van der Waals surface area contributed by atoms with Crippen LogP contribution in [-0.2, 0) is 13.0 Å². The lowest BCUT2D eigenvalue weighted by Crippen LogP contribution is -2.02. The van der Waals surface area contributed by atoms with Crippen molar-refractivity contribution >= 4 is 11.3 Å². The zero-order chi connectivity index (χ0) is 12.7. The highest BCUT2D eigenvalue weighted by molar-refractivity contribution is 7.12. The maximum absolute atomic E-state index is 5.75. The first-order chi connectivity index (χ1) is 9.40. The molecular formula is C14H11N3OS. The van der Waals surface area contributed by atoms with E-state index in [-0.39, 0.29) is 0 Å². The number of hydrogen-bond donors (Lipinski definition) is 1. The minimum atomic E-state index is 0.618. The number of aromatic nitrogens is 3. The van der Waals surface area contributed by atoms with E-state index in [9.17, 15) is 0 Å². The topological polar surface area (TPSA) is 50.8 Å². The van der Waals surface area contributed by atoms with Crippen LogP contribution in [0.25, 0.3) is 11.3 Å². The molecule has 1 aliphatic heterocycles. The molecule has 19 heavy (non-hydrogen) atoms. The summed E-state index contributed by atoms with van der Waals surface area (Å²) in [6.45, 7) is 0.618. The van der Waals surface area contributed by atoms with Crippen LogP contribution < -0.4 is 4.74 Å². The zero-order valence-electron chi connectivity index (χ0n) is 10.1. The first-order valence-electron chi connectivity index (χ1n) is 6.08. The molecular weight excluding hydrogens is 258 g/mol. The Balaban J connectivity index is 1.74. The Labute approximate surface area is 114 Å². The molecule has 4 rings (SSSR count). The molecule has 0 aliphatic carbocycles. The lowest BCUT2D eigenvalue weighted by atomic mass is 10.1. The second-order valence-electron chi connectivity index (χ2n) is 4.42. The van der Waals surface area contributed by atoms with Crippen LogP contribution in [0.15, 0.2) is 36.8 Å². The smallest absolute Gasteiger partial charge is 0.129 e. The molecule has 3 aromatic rings. The van der Waals surface area contributed by atoms with Gasteiger partial charge in [0.15, 0.2) is 0 Å². The highest BCUT2D eigenvalue weighted by Crippen LogP contribution is 2.39. The monoisotopic (exact) mass is 269 g/mol. The highest BCUT2D eigenvalue weighted by atomic mass is 32.1. The van der Waals surface area contributed by atoms with Gasteiger partial charge in [0, 0.05) is 23.9 Å². The van der Waals surface area contributed by atoms with Gasteiger partial charge >= 0.3 is 0 Å². The molecule has 0 radical (unpaired) electrons. The summed E-state index contributed by atoms with van der Waals surface area (Å²) in [7, 11) is 0. The Hall–Kier alpha value is -2.14. The van der Waals surface area contributed by atoms with E-state index in [4.69, 9.17) is 9.72 Å². The Morgan fingerprint density at radius 1 is 1.32 bits per heavy atom. The number of H-pyrrole nitrogens is 1. The van der Waals surface area contributed by atoms with Gasteiger partial charge in [-0.05, 0) is 12.1 Å². The molecule has 1 N–H and O–H groups in total. The van der Waals surface area contributed by atoms with E-state index in [0.717, 1.165) is 34.1 Å². The summed E-state index contributed by atoms with van der Waals surface area (Å²) in [6, 6.07) is 8.06. The van der Waals surface area contributed by atoms with Crippen LogP contribution in [0.3, 0.4) is 0 Å². The molecule has 94 valence electrons. The number of hydrogen-bond acceptors (Lipinski definition) is 4. The Morgan fingerprint density at radius 2 is 2.26 bits per heavy atom. The minimum Gasteiger partial charge on any atom is -0.487 e. The van der Waals surface area contributed by atoms with E-state index in [1.165, 1.54) is 4.88 Å². The quantitative estimate of drug-likeness (QED) is 0.778. The third kappa shape index (κ3) is 1.82. The van der Waals surface area contributed by atoms with E-state index in [1.807, 2.05) is 24.4 Å². The molecule has 0 fully saturated rings. The fraction of sp³-hybridized carbons (Fsp3) is 0.143. The summed E-state index contributed by atoms with van der Waals surface area (Å²) < 4.78 is 5.75. The predicted octanol–water partition coefficient (Wildman–Crippen LogP) is 3.02. The average molecular weight is 269 g/mol. The summed E-state index contributed by atoms with van der Waals surface area (Å²) in [5.41, 5.74) is 3.25. The number of aromatic amines is 1. The van der Waals surface area contributed by atoms with Crippen molar-refractivity contribution in [2.24, 2.45) is 0 Å². The Kier molecular flexibility index (Phi) is 2.38. The molecule has 5 heteroatoms. The lowest BCUT2D eigenvalue weighted by Gasteiger charge is -2.15. The maximum Gasteiger partial charge on any atom is 0.129 e. The lowest BCUT2D eigenvalue weighted by molar-refractivity contribution is 0.305. The fourth-order valence-corrected chi connectivity index (χ4v) is 3.28. The molecule has 3 heterocycles. The zero-order valence-corrected chi connectivity index (χ0v) is 10.9. The fourth-order valence-electron chi connectivity index (χ4n) is 2.26. The van der Waals surface area contributed by atoms with Gasteiger partial charge in [-0.3, -0.25) is 0 Å². The van der Waals surface area contributed by atoms with Crippen molar-refractivity contribution in [1.82, 2.24) is 15.0 Å². The van der Waals surface area contributed by atoms with Gasteiger partial charge in [0.1, 0.15) is 12.4 Å². The van der Waals surface area contributed by atoms with Crippen LogP contribution in [0.4, 0.5) is 0 Å². The van der Waals surface area contributed by atoms with Crippen molar-refractivity contribution in [3.63, 3.8) is 0 Å². The van der Waals surface area contributed by atoms with Gasteiger partial charge < -0.3 is 9.72 Å². The van der Waals surface area contributed by atoms with Gasteiger partial charge in [0.05, 0.1) is 21.9 Å². The molecule has 2 aromatic heterocycles. The van der Waals surface area contributed by atoms with E-state index >= 15 is 0 Å². The third-order valence-electron chi connectivity index (χ3n) is 3.14. The van der Waals surface area contributed by atoms with E-state index in [1.54, 1.807) is 17.7 Å². The summed E-state index contributed by atoms with van der Waals surface area (Å²) in [5.74, 6) is 0.924. The standard InChI is InChI=1S/C14H11N3OS/c1-2-4-11-10(3-1)14-12(7-18-11)19-13(17-14)5-9-6-15-8-16-9/h1-4,6,8H,5,7H2,(H,15,16). The molecule has 0 spiro atoms. The largest absolute Gasteiger partial charge is 0.487 e. The first-order valence-corrected chi connectivity index (χ1v) is 6.90. The number of nitrogens with one attached hydrogen (secondary N) is 1. The van der Waals surface area contributed by atoms with Crippen molar-refractivity contribution in [1.29, 1.82) is 0 Å². The maximum atomic E-state index is 5.75. The number of rotatable bonds is 2. The molecule has 0 amide bonds. The predicted molar refractivity (Wildman–Crippen MR) is 73.3 cm³/mol. The van der Waals surface area contributed by atoms with Gasteiger partial charge in [-0.1, -0.05) is 12.1 Å². The summed E-state index contributed by atoms with van der Waals surface area (Å²) in [4.78, 5) is 13.1. The van der Waals surface area contributed by atoms with Gasteiger partial charge in [-0.25, -0.2) is 9.97 Å². The van der Waals surface area contributed by atoms with E-state index in [2.05, 4.69) is 16.0 Å². The van der Waals surface area contributed by atoms with Crippen LogP contribution in [0.5, 0.6) is 5.75 Å². The third-order valence-corrected chi connectivity index (χ3v) is 4.17. The van der Waals surface area contributed by atoms with Crippen molar-refractivity contribution in [3.05, 3.63) is 52.4 Å². The number of nitrogens with zero attached hydrogens (tertiary/aromatic N) is 2. The van der Waals surface area contributed by atoms with Gasteiger partial charge in [0.25, 0.3) is 0 Å². The van der Waals surface area contributed by atoms with Gasteiger partial charge in [-0.2, -0.15) is 0 Å². The van der Waals surface area contributed by atoms with Crippen molar-refractivity contribution in [2.45, 2.75) is 13.0 Å². The number of benzene rings is 1. The van der Waals surface area contributed by atoms with E-state index < -0.39 is 0 Å². The first kappa shape index (κ1) is 10.8. The molecule has 0 bridgehead atoms. The van der Waals surface area contributed by atoms with Crippen molar-refractivity contribution in [2.75, 3.05) is 0 Å². The molecule has 1 aliphatic rings. The van der Waals surface area contributed by atoms with Crippen LogP contribution in [0.2, 0.25) is 0 Å². The molecule has 1 aromatic carbocycles. The summed E-state index contributed by atoms with van der Waals surface area (Å²) in [5, 5.41) is 1.09. The normalized spacial score (nSPS) is 12.6. The molecule has 0 saturated carbocycles. The van der Waals surface area contributed by atoms with Crippen LogP contribution in [-0.4, -0.2) is 15.0 Å². The van der Waals surface area contributed by atoms with Gasteiger partial charge in [0.2, 0.25) is 0 Å². The van der Waals surface area contributed by atoms with Gasteiger partial charge in [-0.15, -0.1) is 11.3 Å². The molecule has 4 nitrogen and oxygen atoms in total. The average Bonchev–Trinajstić information content (AvgIpc) is 3.08. The Morgan fingerprint density at radius 3 is 3.16 bits per heavy atom. The molecule has 0 atom stereocenters. The number of imidazole rings is 1. The number of ether oxygens (including phenoxy) is 1. The second-order valence-corrected chi connectivity index (χ2v) is 5.59. The minimum absolute atomic E-state index is 0.618. The summed E-state index contributed by atoms with van der Waals surface area (Å²) >= 11 is 1.71. The van der Waals surface area contributed by atoms with Crippen LogP contribution in [0.1, 0.15) is 15.6 Å². The van der Waals surface area contributed by atoms with Crippen LogP contribution in [0, 0.1) is 0 Å². The SMILES string of the molecule is c1ccc2c(c1)OCc1sc(Cc3cnc[nH]3)nc1-2. The second kappa shape index (κ2) is 4.20. The van der Waals surface area contributed by atoms with E-state index in [0.29, 0.717) is 6.61 Å². The summed E-state index contributed by atoms with van der Waals surface area (Å²) in [6.07, 6.45) is 4.33. The van der Waals surface area contributed by atoms with Crippen molar-refractivity contribution < 1.29 is 4.74 Å². The molecule has 0 saturated heterocycles. The number of para-hydroxylation sites is 1. The van der Waals surface area contributed by atoms with Crippen LogP contribution >= 0.6 is 11.3 Å². The highest BCUT2D eigenvalue weighted by Gasteiger charge is 2.21. The number of thiazole rings is 1. The molecule has 0 unspecified atom stereocenters. The number of fused-ring (bicyclic) bond motifs is 3. The Bertz CT molecular complexity index is 718.